The molecule has 2 unspecified atom stereocenters. The molecule has 0 saturated carbocycles. The minimum Gasteiger partial charge on any atom is -0.339 e. The zero-order valence-corrected chi connectivity index (χ0v) is 9.99. The molecule has 1 aliphatic rings. The van der Waals surface area contributed by atoms with E-state index in [1.165, 1.54) is 12.8 Å². The zero-order chi connectivity index (χ0) is 11.4. The highest BCUT2D eigenvalue weighted by molar-refractivity contribution is 4.93. The van der Waals surface area contributed by atoms with Crippen LogP contribution in [0.3, 0.4) is 0 Å². The SMILES string of the molecule is CNC(C)Cc1nc(CC2CCCN2)no1. The minimum atomic E-state index is 0.373. The van der Waals surface area contributed by atoms with Gasteiger partial charge in [0.05, 0.1) is 0 Å². The summed E-state index contributed by atoms with van der Waals surface area (Å²) in [5, 5.41) is 10.6. The van der Waals surface area contributed by atoms with Gasteiger partial charge in [-0.25, -0.2) is 0 Å². The maximum atomic E-state index is 5.22. The summed E-state index contributed by atoms with van der Waals surface area (Å²) in [6, 6.07) is 0.907. The average molecular weight is 224 g/mol. The fourth-order valence-electron chi connectivity index (χ4n) is 1.97. The number of nitrogens with one attached hydrogen (secondary N) is 2. The summed E-state index contributed by atoms with van der Waals surface area (Å²) in [4.78, 5) is 4.40. The van der Waals surface area contributed by atoms with Crippen molar-refractivity contribution in [1.82, 2.24) is 20.8 Å². The molecule has 5 heteroatoms. The molecule has 90 valence electrons. The van der Waals surface area contributed by atoms with E-state index in [1.54, 1.807) is 0 Å². The lowest BCUT2D eigenvalue weighted by Gasteiger charge is -2.05. The van der Waals surface area contributed by atoms with Crippen molar-refractivity contribution < 1.29 is 4.52 Å². The van der Waals surface area contributed by atoms with Crippen LogP contribution >= 0.6 is 0 Å². The fraction of sp³-hybridized carbons (Fsp3) is 0.818. The van der Waals surface area contributed by atoms with Crippen molar-refractivity contribution in [1.29, 1.82) is 0 Å². The average Bonchev–Trinajstić information content (AvgIpc) is 2.91. The van der Waals surface area contributed by atoms with Gasteiger partial charge in [0.2, 0.25) is 5.89 Å². The summed E-state index contributed by atoms with van der Waals surface area (Å²) in [6.45, 7) is 3.22. The number of hydrogen-bond acceptors (Lipinski definition) is 5. The molecule has 1 fully saturated rings. The molecule has 2 N–H and O–H groups in total. The summed E-state index contributed by atoms with van der Waals surface area (Å²) in [6.07, 6.45) is 4.15. The van der Waals surface area contributed by atoms with Crippen LogP contribution in [-0.4, -0.2) is 35.8 Å². The van der Waals surface area contributed by atoms with Crippen molar-refractivity contribution in [2.75, 3.05) is 13.6 Å². The molecule has 2 atom stereocenters. The van der Waals surface area contributed by atoms with Crippen LogP contribution in [0.5, 0.6) is 0 Å². The molecule has 0 amide bonds. The van der Waals surface area contributed by atoms with Crippen LogP contribution in [0.2, 0.25) is 0 Å². The Hall–Kier alpha value is -0.940. The van der Waals surface area contributed by atoms with Crippen LogP contribution in [0.4, 0.5) is 0 Å². The summed E-state index contributed by atoms with van der Waals surface area (Å²) in [7, 11) is 1.93. The summed E-state index contributed by atoms with van der Waals surface area (Å²) in [5.41, 5.74) is 0. The second kappa shape index (κ2) is 5.41. The molecule has 0 spiro atoms. The van der Waals surface area contributed by atoms with Crippen LogP contribution in [0.1, 0.15) is 31.5 Å². The number of hydrogen-bond donors (Lipinski definition) is 2. The van der Waals surface area contributed by atoms with E-state index in [2.05, 4.69) is 27.7 Å². The van der Waals surface area contributed by atoms with Crippen molar-refractivity contribution in [2.24, 2.45) is 0 Å². The molecule has 1 saturated heterocycles. The topological polar surface area (TPSA) is 63.0 Å². The van der Waals surface area contributed by atoms with Gasteiger partial charge in [0.25, 0.3) is 0 Å². The highest BCUT2D eigenvalue weighted by Gasteiger charge is 2.18. The number of aromatic nitrogens is 2. The van der Waals surface area contributed by atoms with Gasteiger partial charge in [-0.05, 0) is 33.4 Å². The van der Waals surface area contributed by atoms with Gasteiger partial charge in [-0.2, -0.15) is 4.98 Å². The standard InChI is InChI=1S/C11H20N4O/c1-8(12-2)6-11-14-10(15-16-11)7-9-4-3-5-13-9/h8-9,12-13H,3-7H2,1-2H3. The highest BCUT2D eigenvalue weighted by Crippen LogP contribution is 2.10. The van der Waals surface area contributed by atoms with Crippen LogP contribution in [0, 0.1) is 0 Å². The molecule has 2 heterocycles. The largest absolute Gasteiger partial charge is 0.339 e. The fourth-order valence-corrected chi connectivity index (χ4v) is 1.97. The predicted octanol–water partition coefficient (Wildman–Crippen LogP) is 0.514. The second-order valence-corrected chi connectivity index (χ2v) is 4.50. The van der Waals surface area contributed by atoms with Crippen LogP contribution in [-0.2, 0) is 12.8 Å². The van der Waals surface area contributed by atoms with Crippen molar-refractivity contribution in [2.45, 2.75) is 44.7 Å². The second-order valence-electron chi connectivity index (χ2n) is 4.50. The molecule has 0 aliphatic carbocycles. The summed E-state index contributed by atoms with van der Waals surface area (Å²) in [5.74, 6) is 1.56. The van der Waals surface area contributed by atoms with Crippen LogP contribution < -0.4 is 10.6 Å². The van der Waals surface area contributed by atoms with Gasteiger partial charge < -0.3 is 15.2 Å². The van der Waals surface area contributed by atoms with E-state index in [0.29, 0.717) is 12.1 Å². The molecular formula is C11H20N4O. The van der Waals surface area contributed by atoms with Crippen LogP contribution in [0.15, 0.2) is 4.52 Å². The lowest BCUT2D eigenvalue weighted by atomic mass is 10.1. The monoisotopic (exact) mass is 224 g/mol. The first-order valence-electron chi connectivity index (χ1n) is 6.00. The van der Waals surface area contributed by atoms with Gasteiger partial charge >= 0.3 is 0 Å². The van der Waals surface area contributed by atoms with Gasteiger partial charge in [-0.15, -0.1) is 0 Å². The normalized spacial score (nSPS) is 22.5. The van der Waals surface area contributed by atoms with Crippen molar-refractivity contribution in [3.8, 4) is 0 Å². The Labute approximate surface area is 96.0 Å². The van der Waals surface area contributed by atoms with E-state index >= 15 is 0 Å². The maximum Gasteiger partial charge on any atom is 0.228 e. The number of rotatable bonds is 5. The predicted molar refractivity (Wildman–Crippen MR) is 61.3 cm³/mol. The first-order valence-corrected chi connectivity index (χ1v) is 6.00. The van der Waals surface area contributed by atoms with E-state index < -0.39 is 0 Å². The summed E-state index contributed by atoms with van der Waals surface area (Å²) < 4.78 is 5.22. The Bertz CT molecular complexity index is 320. The number of nitrogens with zero attached hydrogens (tertiary/aromatic N) is 2. The molecule has 5 nitrogen and oxygen atoms in total. The highest BCUT2D eigenvalue weighted by atomic mass is 16.5. The third kappa shape index (κ3) is 3.02. The summed E-state index contributed by atoms with van der Waals surface area (Å²) >= 11 is 0. The molecular weight excluding hydrogens is 204 g/mol. The van der Waals surface area contributed by atoms with Crippen LogP contribution in [0.25, 0.3) is 0 Å². The lowest BCUT2D eigenvalue weighted by molar-refractivity contribution is 0.359. The third-order valence-electron chi connectivity index (χ3n) is 3.08. The molecule has 16 heavy (non-hydrogen) atoms. The lowest BCUT2D eigenvalue weighted by Crippen LogP contribution is -2.24. The van der Waals surface area contributed by atoms with E-state index in [4.69, 9.17) is 4.52 Å². The molecule has 2 rings (SSSR count). The van der Waals surface area contributed by atoms with E-state index in [9.17, 15) is 0 Å². The molecule has 0 aromatic carbocycles. The Morgan fingerprint density at radius 2 is 2.50 bits per heavy atom. The Kier molecular flexibility index (Phi) is 3.90. The Balaban J connectivity index is 1.86. The minimum absolute atomic E-state index is 0.373. The molecule has 0 radical (unpaired) electrons. The molecule has 1 aliphatic heterocycles. The van der Waals surface area contributed by atoms with E-state index in [1.807, 2.05) is 7.05 Å². The first-order chi connectivity index (χ1) is 7.78. The quantitative estimate of drug-likeness (QED) is 0.763. The maximum absolute atomic E-state index is 5.22. The van der Waals surface area contributed by atoms with E-state index in [-0.39, 0.29) is 0 Å². The Morgan fingerprint density at radius 1 is 1.62 bits per heavy atom. The number of likely N-dealkylation sites (N-methyl/N-ethyl adjacent to an activating group) is 1. The van der Waals surface area contributed by atoms with Gasteiger partial charge in [-0.1, -0.05) is 5.16 Å². The molecule has 1 aromatic rings. The van der Waals surface area contributed by atoms with Crippen molar-refractivity contribution in [3.05, 3.63) is 11.7 Å². The third-order valence-corrected chi connectivity index (χ3v) is 3.08. The Morgan fingerprint density at radius 3 is 3.19 bits per heavy atom. The first kappa shape index (κ1) is 11.5. The van der Waals surface area contributed by atoms with E-state index in [0.717, 1.165) is 31.1 Å². The van der Waals surface area contributed by atoms with Gasteiger partial charge in [-0.3, -0.25) is 0 Å². The smallest absolute Gasteiger partial charge is 0.228 e. The van der Waals surface area contributed by atoms with Gasteiger partial charge in [0.15, 0.2) is 5.82 Å². The van der Waals surface area contributed by atoms with Gasteiger partial charge in [0.1, 0.15) is 0 Å². The molecule has 1 aromatic heterocycles. The van der Waals surface area contributed by atoms with Gasteiger partial charge in [0, 0.05) is 24.9 Å². The van der Waals surface area contributed by atoms with Crippen molar-refractivity contribution in [3.63, 3.8) is 0 Å². The van der Waals surface area contributed by atoms with Crippen molar-refractivity contribution >= 4 is 0 Å². The molecule has 0 bridgehead atoms. The zero-order valence-electron chi connectivity index (χ0n) is 9.99.